The molecule has 0 aliphatic heterocycles. The number of methoxy groups -OCH3 is 1. The van der Waals surface area contributed by atoms with Crippen molar-refractivity contribution in [1.29, 1.82) is 0 Å². The topological polar surface area (TPSA) is 75.7 Å². The van der Waals surface area contributed by atoms with E-state index < -0.39 is 10.0 Å². The summed E-state index contributed by atoms with van der Waals surface area (Å²) >= 11 is 0. The Morgan fingerprint density at radius 1 is 1.15 bits per heavy atom. The minimum absolute atomic E-state index is 0.197. The average molecular weight is 376 g/mol. The number of sulfonamides is 1. The third kappa shape index (κ3) is 5.57. The van der Waals surface area contributed by atoms with Gasteiger partial charge in [-0.1, -0.05) is 30.3 Å². The molecule has 1 N–H and O–H groups in total. The van der Waals surface area contributed by atoms with Gasteiger partial charge in [0.05, 0.1) is 13.4 Å². The Kier molecular flexibility index (Phi) is 6.76. The highest BCUT2D eigenvalue weighted by Crippen LogP contribution is 2.13. The molecule has 2 aromatic rings. The zero-order chi connectivity index (χ0) is 19.2. The third-order valence-corrected chi connectivity index (χ3v) is 5.31. The minimum Gasteiger partial charge on any atom is -0.497 e. The first-order chi connectivity index (χ1) is 12.3. The summed E-state index contributed by atoms with van der Waals surface area (Å²) in [6.45, 7) is 2.64. The van der Waals surface area contributed by atoms with Gasteiger partial charge in [0.15, 0.2) is 0 Å². The molecular formula is C19H24N2O4S. The van der Waals surface area contributed by atoms with Crippen molar-refractivity contribution in [2.75, 3.05) is 26.5 Å². The molecule has 2 aromatic carbocycles. The fraction of sp³-hybridized carbons (Fsp3) is 0.316. The summed E-state index contributed by atoms with van der Waals surface area (Å²) in [6, 6.07) is 14.4. The molecule has 2 rings (SSSR count). The van der Waals surface area contributed by atoms with Crippen LogP contribution in [0.4, 0.5) is 0 Å². The molecule has 0 bridgehead atoms. The molecule has 0 heterocycles. The van der Waals surface area contributed by atoms with Crippen molar-refractivity contribution in [2.45, 2.75) is 13.5 Å². The molecule has 0 radical (unpaired) electrons. The summed E-state index contributed by atoms with van der Waals surface area (Å²) < 4.78 is 30.6. The van der Waals surface area contributed by atoms with Gasteiger partial charge in [-0.15, -0.1) is 0 Å². The summed E-state index contributed by atoms with van der Waals surface area (Å²) in [6.07, 6.45) is 1.18. The van der Waals surface area contributed by atoms with Gasteiger partial charge in [0, 0.05) is 25.2 Å². The van der Waals surface area contributed by atoms with Crippen molar-refractivity contribution >= 4 is 15.9 Å². The van der Waals surface area contributed by atoms with Crippen LogP contribution in [0.5, 0.6) is 5.75 Å². The van der Waals surface area contributed by atoms with Crippen molar-refractivity contribution in [3.8, 4) is 5.75 Å². The number of benzene rings is 2. The Hall–Kier alpha value is -2.38. The van der Waals surface area contributed by atoms with Gasteiger partial charge in [-0.2, -0.15) is 4.31 Å². The monoisotopic (exact) mass is 376 g/mol. The Bertz CT molecular complexity index is 865. The van der Waals surface area contributed by atoms with E-state index in [4.69, 9.17) is 4.74 Å². The predicted octanol–water partition coefficient (Wildman–Crippen LogP) is 2.20. The van der Waals surface area contributed by atoms with E-state index in [2.05, 4.69) is 5.32 Å². The molecule has 0 aromatic heterocycles. The average Bonchev–Trinajstić information content (AvgIpc) is 2.61. The summed E-state index contributed by atoms with van der Waals surface area (Å²) in [5.74, 6) is 0.322. The number of ether oxygens (including phenoxy) is 1. The van der Waals surface area contributed by atoms with Gasteiger partial charge < -0.3 is 10.1 Å². The van der Waals surface area contributed by atoms with E-state index in [1.54, 1.807) is 24.3 Å². The second-order valence-corrected chi connectivity index (χ2v) is 7.99. The maximum absolute atomic E-state index is 12.2. The fourth-order valence-electron chi connectivity index (χ4n) is 2.50. The van der Waals surface area contributed by atoms with E-state index >= 15 is 0 Å². The number of nitrogens with zero attached hydrogens (tertiary/aromatic N) is 1. The van der Waals surface area contributed by atoms with Crippen molar-refractivity contribution < 1.29 is 17.9 Å². The SMILES string of the molecule is COc1cccc(C(=O)NCCN(Cc2ccccc2C)S(C)(=O)=O)c1. The van der Waals surface area contributed by atoms with Crippen LogP contribution < -0.4 is 10.1 Å². The summed E-state index contributed by atoms with van der Waals surface area (Å²) in [5.41, 5.74) is 2.44. The quantitative estimate of drug-likeness (QED) is 0.766. The van der Waals surface area contributed by atoms with Crippen LogP contribution in [-0.2, 0) is 16.6 Å². The van der Waals surface area contributed by atoms with Crippen LogP contribution in [-0.4, -0.2) is 45.1 Å². The first kappa shape index (κ1) is 19.9. The van der Waals surface area contributed by atoms with Crippen LogP contribution in [0.15, 0.2) is 48.5 Å². The Morgan fingerprint density at radius 2 is 1.88 bits per heavy atom. The van der Waals surface area contributed by atoms with Gasteiger partial charge in [0.2, 0.25) is 10.0 Å². The maximum Gasteiger partial charge on any atom is 0.251 e. The highest BCUT2D eigenvalue weighted by Gasteiger charge is 2.18. The van der Waals surface area contributed by atoms with Gasteiger partial charge in [-0.05, 0) is 36.2 Å². The van der Waals surface area contributed by atoms with Crippen LogP contribution in [0, 0.1) is 6.92 Å². The largest absolute Gasteiger partial charge is 0.497 e. The lowest BCUT2D eigenvalue weighted by Crippen LogP contribution is -2.37. The molecule has 7 heteroatoms. The third-order valence-electron chi connectivity index (χ3n) is 4.06. The summed E-state index contributed by atoms with van der Waals surface area (Å²) in [5, 5.41) is 2.75. The standard InChI is InChI=1S/C19H24N2O4S/c1-15-7-4-5-8-17(15)14-21(26(3,23)24)12-11-20-19(22)16-9-6-10-18(13-16)25-2/h4-10,13H,11-12,14H2,1-3H3,(H,20,22). The highest BCUT2D eigenvalue weighted by molar-refractivity contribution is 7.88. The zero-order valence-electron chi connectivity index (χ0n) is 15.2. The molecule has 26 heavy (non-hydrogen) atoms. The first-order valence-corrected chi connectivity index (χ1v) is 10.1. The van der Waals surface area contributed by atoms with Crippen LogP contribution in [0.25, 0.3) is 0 Å². The zero-order valence-corrected chi connectivity index (χ0v) is 16.0. The number of hydrogen-bond donors (Lipinski definition) is 1. The van der Waals surface area contributed by atoms with Gasteiger partial charge in [0.25, 0.3) is 5.91 Å². The minimum atomic E-state index is -3.39. The lowest BCUT2D eigenvalue weighted by Gasteiger charge is -2.21. The van der Waals surface area contributed by atoms with Crippen molar-refractivity contribution in [2.24, 2.45) is 0 Å². The number of aryl methyl sites for hydroxylation is 1. The molecule has 0 aliphatic carbocycles. The van der Waals surface area contributed by atoms with Gasteiger partial charge in [-0.25, -0.2) is 8.42 Å². The van der Waals surface area contributed by atoms with Crippen molar-refractivity contribution in [3.63, 3.8) is 0 Å². The van der Waals surface area contributed by atoms with E-state index in [-0.39, 0.29) is 25.5 Å². The van der Waals surface area contributed by atoms with Crippen LogP contribution >= 0.6 is 0 Å². The van der Waals surface area contributed by atoms with Gasteiger partial charge in [0.1, 0.15) is 5.75 Å². The second-order valence-electron chi connectivity index (χ2n) is 6.01. The fourth-order valence-corrected chi connectivity index (χ4v) is 3.30. The molecule has 0 unspecified atom stereocenters. The molecule has 0 saturated heterocycles. The van der Waals surface area contributed by atoms with Crippen LogP contribution in [0.1, 0.15) is 21.5 Å². The lowest BCUT2D eigenvalue weighted by atomic mass is 10.1. The number of carbonyl (C=O) groups is 1. The van der Waals surface area contributed by atoms with Crippen LogP contribution in [0.3, 0.4) is 0 Å². The molecule has 0 saturated carbocycles. The summed E-state index contributed by atoms with van der Waals surface area (Å²) in [4.78, 5) is 12.2. The highest BCUT2D eigenvalue weighted by atomic mass is 32.2. The van der Waals surface area contributed by atoms with Gasteiger partial charge in [-0.3, -0.25) is 4.79 Å². The number of nitrogens with one attached hydrogen (secondary N) is 1. The molecule has 1 amide bonds. The van der Waals surface area contributed by atoms with E-state index in [9.17, 15) is 13.2 Å². The molecule has 0 fully saturated rings. The molecular weight excluding hydrogens is 352 g/mol. The van der Waals surface area contributed by atoms with Gasteiger partial charge >= 0.3 is 0 Å². The van der Waals surface area contributed by atoms with E-state index in [1.807, 2.05) is 31.2 Å². The molecule has 0 spiro atoms. The van der Waals surface area contributed by atoms with Crippen molar-refractivity contribution in [3.05, 3.63) is 65.2 Å². The second kappa shape index (κ2) is 8.82. The lowest BCUT2D eigenvalue weighted by molar-refractivity contribution is 0.0951. The Balaban J connectivity index is 1.99. The number of amides is 1. The smallest absolute Gasteiger partial charge is 0.251 e. The van der Waals surface area contributed by atoms with E-state index in [0.29, 0.717) is 11.3 Å². The predicted molar refractivity (Wildman–Crippen MR) is 102 cm³/mol. The Labute approximate surface area is 154 Å². The number of hydrogen-bond acceptors (Lipinski definition) is 4. The summed E-state index contributed by atoms with van der Waals surface area (Å²) in [7, 11) is -1.86. The maximum atomic E-state index is 12.2. The van der Waals surface area contributed by atoms with E-state index in [0.717, 1.165) is 11.1 Å². The molecule has 0 atom stereocenters. The molecule has 6 nitrogen and oxygen atoms in total. The van der Waals surface area contributed by atoms with Crippen molar-refractivity contribution in [1.82, 2.24) is 9.62 Å². The Morgan fingerprint density at radius 3 is 2.54 bits per heavy atom. The number of carbonyl (C=O) groups excluding carboxylic acids is 1. The molecule has 0 aliphatic rings. The first-order valence-electron chi connectivity index (χ1n) is 8.23. The van der Waals surface area contributed by atoms with E-state index in [1.165, 1.54) is 17.7 Å². The normalized spacial score (nSPS) is 11.4. The molecule has 140 valence electrons. The van der Waals surface area contributed by atoms with Crippen LogP contribution in [0.2, 0.25) is 0 Å². The number of rotatable bonds is 8.